The van der Waals surface area contributed by atoms with E-state index < -0.39 is 9.84 Å². The molecule has 0 aliphatic carbocycles. The van der Waals surface area contributed by atoms with Gasteiger partial charge in [-0.05, 0) is 17.8 Å². The maximum Gasteiger partial charge on any atom is 0.153 e. The van der Waals surface area contributed by atoms with Crippen LogP contribution in [-0.2, 0) is 9.84 Å². The average Bonchev–Trinajstić information content (AvgIpc) is 2.13. The van der Waals surface area contributed by atoms with Crippen LogP contribution in [0.15, 0.2) is 0 Å². The lowest BCUT2D eigenvalue weighted by molar-refractivity contribution is 0.222. The summed E-state index contributed by atoms with van der Waals surface area (Å²) >= 11 is 0. The van der Waals surface area contributed by atoms with Crippen LogP contribution in [0.2, 0.25) is 0 Å². The zero-order chi connectivity index (χ0) is 12.4. The van der Waals surface area contributed by atoms with Crippen molar-refractivity contribution in [3.05, 3.63) is 0 Å². The van der Waals surface area contributed by atoms with Crippen molar-refractivity contribution in [2.45, 2.75) is 46.6 Å². The molecule has 1 heterocycles. The molecule has 96 valence electrons. The van der Waals surface area contributed by atoms with E-state index in [0.29, 0.717) is 24.0 Å². The van der Waals surface area contributed by atoms with E-state index in [-0.39, 0.29) is 11.5 Å². The Kier molecular flexibility index (Phi) is 4.41. The lowest BCUT2D eigenvalue weighted by Crippen LogP contribution is -2.52. The zero-order valence-corrected chi connectivity index (χ0v) is 11.7. The molecule has 0 amide bonds. The molecule has 0 spiro atoms. The van der Waals surface area contributed by atoms with Crippen molar-refractivity contribution in [1.29, 1.82) is 0 Å². The summed E-state index contributed by atoms with van der Waals surface area (Å²) in [5, 5.41) is 3.36. The number of hydrogen-bond donors (Lipinski definition) is 1. The summed E-state index contributed by atoms with van der Waals surface area (Å²) in [5.41, 5.74) is 0.0672. The van der Waals surface area contributed by atoms with Gasteiger partial charge in [-0.15, -0.1) is 0 Å². The molecule has 0 aromatic rings. The fraction of sp³-hybridized carbons (Fsp3) is 1.00. The van der Waals surface area contributed by atoms with E-state index in [1.807, 2.05) is 0 Å². The van der Waals surface area contributed by atoms with Gasteiger partial charge in [0.2, 0.25) is 0 Å². The van der Waals surface area contributed by atoms with Crippen LogP contribution in [0, 0.1) is 11.3 Å². The van der Waals surface area contributed by atoms with E-state index in [1.54, 1.807) is 0 Å². The van der Waals surface area contributed by atoms with Crippen molar-refractivity contribution >= 4 is 9.84 Å². The van der Waals surface area contributed by atoms with Crippen molar-refractivity contribution in [1.82, 2.24) is 5.32 Å². The van der Waals surface area contributed by atoms with Gasteiger partial charge in [0.25, 0.3) is 0 Å². The van der Waals surface area contributed by atoms with Gasteiger partial charge in [-0.3, -0.25) is 0 Å². The Morgan fingerprint density at radius 1 is 1.38 bits per heavy atom. The van der Waals surface area contributed by atoms with Crippen LogP contribution in [0.25, 0.3) is 0 Å². The Bertz CT molecular complexity index is 320. The van der Waals surface area contributed by atoms with Gasteiger partial charge in [0.05, 0.1) is 11.5 Å². The first-order valence-corrected chi connectivity index (χ1v) is 7.99. The maximum atomic E-state index is 11.6. The van der Waals surface area contributed by atoms with E-state index >= 15 is 0 Å². The van der Waals surface area contributed by atoms with Gasteiger partial charge in [0.1, 0.15) is 0 Å². The number of rotatable bonds is 4. The number of nitrogens with one attached hydrogen (secondary N) is 1. The average molecular weight is 247 g/mol. The predicted molar refractivity (Wildman–Crippen MR) is 68.3 cm³/mol. The second-order valence-electron chi connectivity index (χ2n) is 6.04. The minimum atomic E-state index is -2.82. The monoisotopic (exact) mass is 247 g/mol. The SMILES string of the molecule is CC(C)CCC(C)(C)C1CS(=O)(=O)CCN1. The topological polar surface area (TPSA) is 46.2 Å². The standard InChI is InChI=1S/C12H25NO2S/c1-10(2)5-6-12(3,4)11-9-16(14,15)8-7-13-11/h10-11,13H,5-9H2,1-4H3. The molecule has 0 aromatic carbocycles. The summed E-state index contributed by atoms with van der Waals surface area (Å²) in [6.07, 6.45) is 2.24. The summed E-state index contributed by atoms with van der Waals surface area (Å²) in [6, 6.07) is 0.116. The molecule has 1 aliphatic rings. The number of sulfone groups is 1. The summed E-state index contributed by atoms with van der Waals surface area (Å²) in [7, 11) is -2.82. The van der Waals surface area contributed by atoms with Gasteiger partial charge in [-0.1, -0.05) is 34.1 Å². The third kappa shape index (κ3) is 4.06. The molecule has 0 saturated carbocycles. The van der Waals surface area contributed by atoms with Crippen LogP contribution >= 0.6 is 0 Å². The molecule has 1 atom stereocenters. The second-order valence-corrected chi connectivity index (χ2v) is 8.27. The largest absolute Gasteiger partial charge is 0.311 e. The minimum absolute atomic E-state index is 0.0672. The van der Waals surface area contributed by atoms with Crippen molar-refractivity contribution in [2.75, 3.05) is 18.1 Å². The Labute approximate surface area is 99.9 Å². The summed E-state index contributed by atoms with van der Waals surface area (Å²) in [4.78, 5) is 0. The number of hydrogen-bond acceptors (Lipinski definition) is 3. The molecule has 4 heteroatoms. The van der Waals surface area contributed by atoms with E-state index in [2.05, 4.69) is 33.0 Å². The highest BCUT2D eigenvalue weighted by Gasteiger charge is 2.35. The fourth-order valence-corrected chi connectivity index (χ4v) is 3.79. The van der Waals surface area contributed by atoms with Crippen LogP contribution < -0.4 is 5.32 Å². The molecule has 1 saturated heterocycles. The third-order valence-corrected chi connectivity index (χ3v) is 5.20. The summed E-state index contributed by atoms with van der Waals surface area (Å²) in [5.74, 6) is 1.28. The Morgan fingerprint density at radius 3 is 2.50 bits per heavy atom. The molecule has 1 aliphatic heterocycles. The fourth-order valence-electron chi connectivity index (χ4n) is 2.12. The highest BCUT2D eigenvalue weighted by atomic mass is 32.2. The molecule has 0 aromatic heterocycles. The lowest BCUT2D eigenvalue weighted by atomic mass is 9.79. The lowest BCUT2D eigenvalue weighted by Gasteiger charge is -2.38. The van der Waals surface area contributed by atoms with Gasteiger partial charge in [0, 0.05) is 12.6 Å². The molecular formula is C12H25NO2S. The van der Waals surface area contributed by atoms with Gasteiger partial charge < -0.3 is 5.32 Å². The molecule has 0 bridgehead atoms. The first-order chi connectivity index (χ1) is 7.23. The highest BCUT2D eigenvalue weighted by molar-refractivity contribution is 7.91. The molecule has 1 fully saturated rings. The van der Waals surface area contributed by atoms with E-state index in [9.17, 15) is 8.42 Å². The van der Waals surface area contributed by atoms with Crippen LogP contribution in [0.4, 0.5) is 0 Å². The first kappa shape index (κ1) is 14.0. The predicted octanol–water partition coefficient (Wildman–Crippen LogP) is 1.84. The quantitative estimate of drug-likeness (QED) is 0.824. The van der Waals surface area contributed by atoms with Crippen molar-refractivity contribution in [3.63, 3.8) is 0 Å². The van der Waals surface area contributed by atoms with E-state index in [1.165, 1.54) is 0 Å². The van der Waals surface area contributed by atoms with E-state index in [0.717, 1.165) is 12.8 Å². The van der Waals surface area contributed by atoms with Gasteiger partial charge in [-0.2, -0.15) is 0 Å². The Morgan fingerprint density at radius 2 is 2.00 bits per heavy atom. The zero-order valence-electron chi connectivity index (χ0n) is 10.9. The Balaban J connectivity index is 2.60. The Hall–Kier alpha value is -0.0900. The second kappa shape index (κ2) is 5.05. The molecule has 0 radical (unpaired) electrons. The van der Waals surface area contributed by atoms with Crippen molar-refractivity contribution in [2.24, 2.45) is 11.3 Å². The van der Waals surface area contributed by atoms with Gasteiger partial charge in [0.15, 0.2) is 9.84 Å². The third-order valence-electron chi connectivity index (χ3n) is 3.53. The molecule has 1 rings (SSSR count). The smallest absolute Gasteiger partial charge is 0.153 e. The normalized spacial score (nSPS) is 25.9. The van der Waals surface area contributed by atoms with Crippen LogP contribution in [-0.4, -0.2) is 32.5 Å². The summed E-state index contributed by atoms with van der Waals surface area (Å²) in [6.45, 7) is 9.38. The van der Waals surface area contributed by atoms with Crippen molar-refractivity contribution < 1.29 is 8.42 Å². The summed E-state index contributed by atoms with van der Waals surface area (Å²) < 4.78 is 23.2. The van der Waals surface area contributed by atoms with Crippen molar-refractivity contribution in [3.8, 4) is 0 Å². The van der Waals surface area contributed by atoms with Crippen LogP contribution in [0.1, 0.15) is 40.5 Å². The van der Waals surface area contributed by atoms with Gasteiger partial charge >= 0.3 is 0 Å². The molecule has 1 N–H and O–H groups in total. The first-order valence-electron chi connectivity index (χ1n) is 6.17. The van der Waals surface area contributed by atoms with Gasteiger partial charge in [-0.25, -0.2) is 8.42 Å². The molecule has 1 unspecified atom stereocenters. The molecule has 3 nitrogen and oxygen atoms in total. The molecule has 16 heavy (non-hydrogen) atoms. The minimum Gasteiger partial charge on any atom is -0.311 e. The van der Waals surface area contributed by atoms with Crippen LogP contribution in [0.3, 0.4) is 0 Å². The van der Waals surface area contributed by atoms with Crippen LogP contribution in [0.5, 0.6) is 0 Å². The highest BCUT2D eigenvalue weighted by Crippen LogP contribution is 2.30. The molecular weight excluding hydrogens is 222 g/mol. The van der Waals surface area contributed by atoms with E-state index in [4.69, 9.17) is 0 Å². The maximum absolute atomic E-state index is 11.6.